The third-order valence-electron chi connectivity index (χ3n) is 3.63. The van der Waals surface area contributed by atoms with Crippen molar-refractivity contribution < 1.29 is 9.84 Å². The molecule has 3 nitrogen and oxygen atoms in total. The Morgan fingerprint density at radius 1 is 1.28 bits per heavy atom. The molecule has 3 heteroatoms. The molecule has 18 heavy (non-hydrogen) atoms. The zero-order chi connectivity index (χ0) is 13.8. The number of hydrogen-bond acceptors (Lipinski definition) is 3. The van der Waals surface area contributed by atoms with Crippen LogP contribution in [0.15, 0.2) is 12.1 Å². The molecule has 1 unspecified atom stereocenters. The first-order valence-electron chi connectivity index (χ1n) is 6.42. The van der Waals surface area contributed by atoms with Gasteiger partial charge in [-0.1, -0.05) is 6.07 Å². The van der Waals surface area contributed by atoms with Crippen LogP contribution in [0.1, 0.15) is 30.0 Å². The molecule has 2 N–H and O–H groups in total. The maximum Gasteiger partial charge on any atom is 0.122 e. The highest BCUT2D eigenvalue weighted by molar-refractivity contribution is 5.41. The summed E-state index contributed by atoms with van der Waals surface area (Å²) in [4.78, 5) is 0. The van der Waals surface area contributed by atoms with E-state index in [0.717, 1.165) is 12.2 Å². The van der Waals surface area contributed by atoms with E-state index in [4.69, 9.17) is 4.74 Å². The summed E-state index contributed by atoms with van der Waals surface area (Å²) >= 11 is 0. The molecular formula is C15H25NO2. The lowest BCUT2D eigenvalue weighted by atomic mass is 10.00. The number of benzene rings is 1. The fourth-order valence-corrected chi connectivity index (χ4v) is 1.82. The molecule has 0 aromatic heterocycles. The normalized spacial score (nSPS) is 14.3. The van der Waals surface area contributed by atoms with Crippen molar-refractivity contribution in [2.24, 2.45) is 0 Å². The molecule has 0 amide bonds. The van der Waals surface area contributed by atoms with Crippen LogP contribution in [-0.4, -0.2) is 30.9 Å². The van der Waals surface area contributed by atoms with Crippen molar-refractivity contribution in [2.45, 2.75) is 39.7 Å². The van der Waals surface area contributed by atoms with Gasteiger partial charge in [0.05, 0.1) is 13.2 Å². The number of hydrogen-bond donors (Lipinski definition) is 2. The SMILES string of the molecule is CNC(C)(CO)CCOc1cc(C)cc(C)c1C. The van der Waals surface area contributed by atoms with E-state index in [0.29, 0.717) is 6.61 Å². The number of aliphatic hydroxyl groups excluding tert-OH is 1. The Labute approximate surface area is 110 Å². The topological polar surface area (TPSA) is 41.5 Å². The van der Waals surface area contributed by atoms with Crippen molar-refractivity contribution in [3.63, 3.8) is 0 Å². The van der Waals surface area contributed by atoms with E-state index < -0.39 is 0 Å². The van der Waals surface area contributed by atoms with Gasteiger partial charge < -0.3 is 15.2 Å². The smallest absolute Gasteiger partial charge is 0.122 e. The molecule has 0 fully saturated rings. The van der Waals surface area contributed by atoms with E-state index in [2.05, 4.69) is 38.2 Å². The van der Waals surface area contributed by atoms with Crippen LogP contribution in [-0.2, 0) is 0 Å². The van der Waals surface area contributed by atoms with Crippen LogP contribution in [0.25, 0.3) is 0 Å². The zero-order valence-electron chi connectivity index (χ0n) is 12.1. The monoisotopic (exact) mass is 251 g/mol. The molecule has 0 heterocycles. The summed E-state index contributed by atoms with van der Waals surface area (Å²) in [5.41, 5.74) is 3.39. The Morgan fingerprint density at radius 2 is 1.94 bits per heavy atom. The lowest BCUT2D eigenvalue weighted by Crippen LogP contribution is -2.44. The standard InChI is InChI=1S/C15H25NO2/c1-11-8-12(2)13(3)14(9-11)18-7-6-15(4,10-17)16-5/h8-9,16-17H,6-7,10H2,1-5H3. The minimum Gasteiger partial charge on any atom is -0.493 e. The summed E-state index contributed by atoms with van der Waals surface area (Å²) in [5.74, 6) is 0.948. The van der Waals surface area contributed by atoms with Crippen molar-refractivity contribution in [1.82, 2.24) is 5.32 Å². The number of nitrogens with one attached hydrogen (secondary N) is 1. The molecule has 1 aromatic rings. The van der Waals surface area contributed by atoms with Gasteiger partial charge in [-0.05, 0) is 57.5 Å². The molecule has 0 aliphatic carbocycles. The lowest BCUT2D eigenvalue weighted by molar-refractivity contribution is 0.151. The van der Waals surface area contributed by atoms with Gasteiger partial charge in [0.15, 0.2) is 0 Å². The second kappa shape index (κ2) is 6.21. The molecule has 0 radical (unpaired) electrons. The first-order chi connectivity index (χ1) is 8.41. The average Bonchev–Trinajstić information content (AvgIpc) is 2.34. The van der Waals surface area contributed by atoms with Crippen molar-refractivity contribution >= 4 is 0 Å². The van der Waals surface area contributed by atoms with Crippen LogP contribution in [0.3, 0.4) is 0 Å². The maximum atomic E-state index is 9.31. The largest absolute Gasteiger partial charge is 0.493 e. The Hall–Kier alpha value is -1.06. The summed E-state index contributed by atoms with van der Waals surface area (Å²) in [6.07, 6.45) is 0.770. The number of aliphatic hydroxyl groups is 1. The molecule has 0 aliphatic rings. The minimum absolute atomic E-state index is 0.110. The van der Waals surface area contributed by atoms with Gasteiger partial charge in [0.2, 0.25) is 0 Å². The van der Waals surface area contributed by atoms with Gasteiger partial charge >= 0.3 is 0 Å². The lowest BCUT2D eigenvalue weighted by Gasteiger charge is -2.26. The van der Waals surface area contributed by atoms with E-state index in [1.54, 1.807) is 0 Å². The summed E-state index contributed by atoms with van der Waals surface area (Å²) in [6, 6.07) is 4.23. The first-order valence-corrected chi connectivity index (χ1v) is 6.42. The second-order valence-electron chi connectivity index (χ2n) is 5.27. The third-order valence-corrected chi connectivity index (χ3v) is 3.63. The predicted molar refractivity (Wildman–Crippen MR) is 75.3 cm³/mol. The Morgan fingerprint density at radius 3 is 2.50 bits per heavy atom. The summed E-state index contributed by atoms with van der Waals surface area (Å²) in [6.45, 7) is 8.95. The van der Waals surface area contributed by atoms with Gasteiger partial charge in [-0.25, -0.2) is 0 Å². The summed E-state index contributed by atoms with van der Waals surface area (Å²) < 4.78 is 5.85. The number of rotatable bonds is 6. The van der Waals surface area contributed by atoms with Crippen LogP contribution in [0, 0.1) is 20.8 Å². The number of aryl methyl sites for hydroxylation is 2. The molecule has 102 valence electrons. The van der Waals surface area contributed by atoms with E-state index in [1.165, 1.54) is 16.7 Å². The predicted octanol–water partition coefficient (Wildman–Crippen LogP) is 2.35. The van der Waals surface area contributed by atoms with Gasteiger partial charge in [-0.2, -0.15) is 0 Å². The second-order valence-corrected chi connectivity index (χ2v) is 5.27. The van der Waals surface area contributed by atoms with Crippen molar-refractivity contribution in [2.75, 3.05) is 20.3 Å². The molecule has 0 bridgehead atoms. The molecule has 1 rings (SSSR count). The van der Waals surface area contributed by atoms with Gasteiger partial charge in [0.1, 0.15) is 5.75 Å². The number of likely N-dealkylation sites (N-methyl/N-ethyl adjacent to an activating group) is 1. The Kier molecular flexibility index (Phi) is 5.17. The van der Waals surface area contributed by atoms with Crippen molar-refractivity contribution in [1.29, 1.82) is 0 Å². The van der Waals surface area contributed by atoms with Gasteiger partial charge in [-0.15, -0.1) is 0 Å². The van der Waals surface area contributed by atoms with Crippen LogP contribution in [0.2, 0.25) is 0 Å². The minimum atomic E-state index is -0.271. The Balaban J connectivity index is 2.64. The van der Waals surface area contributed by atoms with Gasteiger partial charge in [0, 0.05) is 12.0 Å². The van der Waals surface area contributed by atoms with Crippen LogP contribution < -0.4 is 10.1 Å². The first kappa shape index (κ1) is 15.0. The fraction of sp³-hybridized carbons (Fsp3) is 0.600. The van der Waals surface area contributed by atoms with E-state index in [1.807, 2.05) is 14.0 Å². The third kappa shape index (κ3) is 3.72. The quantitative estimate of drug-likeness (QED) is 0.815. The molecule has 1 aromatic carbocycles. The number of ether oxygens (including phenoxy) is 1. The molecule has 0 aliphatic heterocycles. The van der Waals surface area contributed by atoms with Crippen LogP contribution in [0.4, 0.5) is 0 Å². The highest BCUT2D eigenvalue weighted by atomic mass is 16.5. The molecule has 0 saturated heterocycles. The van der Waals surface area contributed by atoms with Crippen LogP contribution in [0.5, 0.6) is 5.75 Å². The summed E-state index contributed by atoms with van der Waals surface area (Å²) in [5, 5.41) is 12.4. The Bertz CT molecular complexity index is 398. The van der Waals surface area contributed by atoms with Crippen molar-refractivity contribution in [3.8, 4) is 5.75 Å². The van der Waals surface area contributed by atoms with E-state index >= 15 is 0 Å². The molecule has 1 atom stereocenters. The highest BCUT2D eigenvalue weighted by Gasteiger charge is 2.20. The summed E-state index contributed by atoms with van der Waals surface area (Å²) in [7, 11) is 1.86. The molecule has 0 spiro atoms. The van der Waals surface area contributed by atoms with E-state index in [-0.39, 0.29) is 12.1 Å². The van der Waals surface area contributed by atoms with Crippen molar-refractivity contribution in [3.05, 3.63) is 28.8 Å². The molecular weight excluding hydrogens is 226 g/mol. The maximum absolute atomic E-state index is 9.31. The van der Waals surface area contributed by atoms with E-state index in [9.17, 15) is 5.11 Å². The van der Waals surface area contributed by atoms with Gasteiger partial charge in [0.25, 0.3) is 0 Å². The fourth-order valence-electron chi connectivity index (χ4n) is 1.82. The van der Waals surface area contributed by atoms with Gasteiger partial charge in [-0.3, -0.25) is 0 Å². The highest BCUT2D eigenvalue weighted by Crippen LogP contribution is 2.23. The average molecular weight is 251 g/mol. The van der Waals surface area contributed by atoms with Crippen LogP contribution >= 0.6 is 0 Å². The zero-order valence-corrected chi connectivity index (χ0v) is 12.1. The molecule has 0 saturated carbocycles.